The Morgan fingerprint density at radius 2 is 1.16 bits per heavy atom. The van der Waals surface area contributed by atoms with Crippen molar-refractivity contribution in [2.45, 2.75) is 32.1 Å². The number of hydrogen-bond donors (Lipinski definition) is 0. The lowest BCUT2D eigenvalue weighted by atomic mass is 9.80. The molecule has 0 aromatic heterocycles. The van der Waals surface area contributed by atoms with Crippen LogP contribution in [0.25, 0.3) is 21.5 Å². The fourth-order valence-corrected chi connectivity index (χ4v) is 4.17. The number of unbranched alkanes of at least 4 members (excludes halogenated alkanes) is 1. The van der Waals surface area contributed by atoms with Gasteiger partial charge in [0.15, 0.2) is 0 Å². The van der Waals surface area contributed by atoms with Crippen molar-refractivity contribution < 1.29 is 14.4 Å². The molecule has 0 aliphatic rings. The number of benzene rings is 4. The average molecular weight is 408 g/mol. The minimum absolute atomic E-state index is 0.110. The van der Waals surface area contributed by atoms with E-state index in [4.69, 9.17) is 0 Å². The van der Waals surface area contributed by atoms with Gasteiger partial charge in [0.25, 0.3) is 5.78 Å². The fourth-order valence-electron chi connectivity index (χ4n) is 4.17. The van der Waals surface area contributed by atoms with Gasteiger partial charge in [0.2, 0.25) is 11.6 Å². The van der Waals surface area contributed by atoms with Crippen molar-refractivity contribution >= 4 is 38.9 Å². The largest absolute Gasteiger partial charge is 0.290 e. The highest BCUT2D eigenvalue weighted by molar-refractivity contribution is 6.65. The third-order valence-corrected chi connectivity index (χ3v) is 5.77. The van der Waals surface area contributed by atoms with Gasteiger partial charge in [-0.2, -0.15) is 0 Å². The summed E-state index contributed by atoms with van der Waals surface area (Å²) in [6, 6.07) is 27.1. The summed E-state index contributed by atoms with van der Waals surface area (Å²) in [5, 5.41) is 3.79. The highest BCUT2D eigenvalue weighted by atomic mass is 16.2. The number of carbonyl (C=O) groups is 3. The molecule has 154 valence electrons. The maximum absolute atomic E-state index is 13.6. The molecule has 4 rings (SSSR count). The zero-order chi connectivity index (χ0) is 21.8. The fraction of sp³-hybridized carbons (Fsp3) is 0.179. The summed E-state index contributed by atoms with van der Waals surface area (Å²) in [7, 11) is 0. The highest BCUT2D eigenvalue weighted by Crippen LogP contribution is 2.35. The number of ketones is 3. The van der Waals surface area contributed by atoms with E-state index in [1.807, 2.05) is 91.9 Å². The minimum atomic E-state index is -0.903. The molecule has 0 bridgehead atoms. The van der Waals surface area contributed by atoms with E-state index in [1.165, 1.54) is 0 Å². The first kappa shape index (κ1) is 20.7. The lowest BCUT2D eigenvalue weighted by Gasteiger charge is -2.20. The van der Waals surface area contributed by atoms with Gasteiger partial charge >= 0.3 is 0 Å². The van der Waals surface area contributed by atoms with E-state index in [2.05, 4.69) is 0 Å². The number of carbonyl (C=O) groups excluding carboxylic acids is 3. The smallest absolute Gasteiger partial charge is 0.265 e. The normalized spacial score (nSPS) is 11.2. The van der Waals surface area contributed by atoms with Gasteiger partial charge in [-0.3, -0.25) is 14.4 Å². The Morgan fingerprint density at radius 1 is 0.677 bits per heavy atom. The molecule has 0 spiro atoms. The summed E-state index contributed by atoms with van der Waals surface area (Å²) >= 11 is 0. The monoisotopic (exact) mass is 408 g/mol. The second-order valence-electron chi connectivity index (χ2n) is 7.79. The van der Waals surface area contributed by atoms with Gasteiger partial charge in [-0.15, -0.1) is 0 Å². The van der Waals surface area contributed by atoms with Gasteiger partial charge in [0.05, 0.1) is 5.92 Å². The molecule has 0 saturated heterocycles. The van der Waals surface area contributed by atoms with Crippen LogP contribution in [0.3, 0.4) is 0 Å². The van der Waals surface area contributed by atoms with E-state index in [-0.39, 0.29) is 6.42 Å². The van der Waals surface area contributed by atoms with Crippen molar-refractivity contribution in [1.29, 1.82) is 0 Å². The van der Waals surface area contributed by atoms with Crippen molar-refractivity contribution in [3.8, 4) is 0 Å². The number of fused-ring (bicyclic) bond motifs is 2. The second kappa shape index (κ2) is 9.05. The molecule has 0 aliphatic heterocycles. The molecule has 3 heteroatoms. The van der Waals surface area contributed by atoms with Gasteiger partial charge < -0.3 is 0 Å². The Hall–Kier alpha value is -3.59. The van der Waals surface area contributed by atoms with Gasteiger partial charge in [-0.05, 0) is 39.1 Å². The predicted octanol–water partition coefficient (Wildman–Crippen LogP) is 6.02. The third-order valence-electron chi connectivity index (χ3n) is 5.77. The summed E-state index contributed by atoms with van der Waals surface area (Å²) in [5.41, 5.74) is 1.49. The lowest BCUT2D eigenvalue weighted by Crippen LogP contribution is -2.30. The molecule has 0 amide bonds. The Balaban J connectivity index is 1.92. The SMILES string of the molecule is CCCCC(=O)C(=O)C(=O)C(c1cccc2ccccc12)c1cccc2ccccc12. The first-order chi connectivity index (χ1) is 15.1. The van der Waals surface area contributed by atoms with Gasteiger partial charge in [-0.1, -0.05) is 98.3 Å². The molecule has 3 nitrogen and oxygen atoms in total. The molecule has 0 radical (unpaired) electrons. The summed E-state index contributed by atoms with van der Waals surface area (Å²) in [5.74, 6) is -3.00. The lowest BCUT2D eigenvalue weighted by molar-refractivity contribution is -0.144. The molecule has 4 aromatic carbocycles. The predicted molar refractivity (Wildman–Crippen MR) is 124 cm³/mol. The second-order valence-corrected chi connectivity index (χ2v) is 7.79. The summed E-state index contributed by atoms with van der Waals surface area (Å²) in [6.07, 6.45) is 1.51. The molecule has 4 aromatic rings. The Labute approximate surface area is 181 Å². The van der Waals surface area contributed by atoms with Gasteiger partial charge in [-0.25, -0.2) is 0 Å². The third kappa shape index (κ3) is 4.04. The summed E-state index contributed by atoms with van der Waals surface area (Å²) < 4.78 is 0. The molecule has 0 aliphatic carbocycles. The molecule has 0 saturated carbocycles. The number of Topliss-reactive ketones (excluding diaryl/α,β-unsaturated/α-hetero) is 3. The van der Waals surface area contributed by atoms with Crippen LogP contribution in [0.4, 0.5) is 0 Å². The van der Waals surface area contributed by atoms with Crippen LogP contribution in [0.2, 0.25) is 0 Å². The molecule has 0 atom stereocenters. The molecular weight excluding hydrogens is 384 g/mol. The van der Waals surface area contributed by atoms with Crippen LogP contribution in [0.1, 0.15) is 43.2 Å². The van der Waals surface area contributed by atoms with Gasteiger partial charge in [0.1, 0.15) is 0 Å². The highest BCUT2D eigenvalue weighted by Gasteiger charge is 2.33. The first-order valence-corrected chi connectivity index (χ1v) is 10.7. The standard InChI is InChI=1S/C28H24O3/c1-2-3-18-25(29)27(30)28(31)26(23-16-8-12-19-10-4-6-14-21(19)23)24-17-9-13-20-11-5-7-15-22(20)24/h4-17,26H,2-3,18H2,1H3. The molecule has 31 heavy (non-hydrogen) atoms. The Morgan fingerprint density at radius 3 is 1.68 bits per heavy atom. The van der Waals surface area contributed by atoms with Crippen molar-refractivity contribution in [3.05, 3.63) is 96.1 Å². The topological polar surface area (TPSA) is 51.2 Å². The van der Waals surface area contributed by atoms with Crippen molar-refractivity contribution in [1.82, 2.24) is 0 Å². The van der Waals surface area contributed by atoms with Crippen LogP contribution >= 0.6 is 0 Å². The van der Waals surface area contributed by atoms with Crippen molar-refractivity contribution in [2.75, 3.05) is 0 Å². The average Bonchev–Trinajstić information content (AvgIpc) is 2.82. The van der Waals surface area contributed by atoms with Crippen LogP contribution in [0, 0.1) is 0 Å². The van der Waals surface area contributed by atoms with Crippen LogP contribution < -0.4 is 0 Å². The van der Waals surface area contributed by atoms with E-state index in [0.29, 0.717) is 6.42 Å². The van der Waals surface area contributed by atoms with Crippen LogP contribution in [-0.2, 0) is 14.4 Å². The van der Waals surface area contributed by atoms with E-state index < -0.39 is 23.3 Å². The maximum Gasteiger partial charge on any atom is 0.265 e. The quantitative estimate of drug-likeness (QED) is 0.264. The number of rotatable bonds is 8. The molecular formula is C28H24O3. The Kier molecular flexibility index (Phi) is 6.03. The first-order valence-electron chi connectivity index (χ1n) is 10.7. The van der Waals surface area contributed by atoms with Crippen LogP contribution in [-0.4, -0.2) is 17.3 Å². The van der Waals surface area contributed by atoms with Crippen LogP contribution in [0.15, 0.2) is 84.9 Å². The zero-order valence-electron chi connectivity index (χ0n) is 17.5. The van der Waals surface area contributed by atoms with Crippen molar-refractivity contribution in [3.63, 3.8) is 0 Å². The molecule has 0 N–H and O–H groups in total. The minimum Gasteiger partial charge on any atom is -0.290 e. The van der Waals surface area contributed by atoms with E-state index in [9.17, 15) is 14.4 Å². The zero-order valence-corrected chi connectivity index (χ0v) is 17.5. The molecule has 0 unspecified atom stereocenters. The summed E-state index contributed by atoms with van der Waals surface area (Å²) in [4.78, 5) is 38.9. The van der Waals surface area contributed by atoms with Crippen LogP contribution in [0.5, 0.6) is 0 Å². The summed E-state index contributed by atoms with van der Waals surface area (Å²) in [6.45, 7) is 1.95. The van der Waals surface area contributed by atoms with Gasteiger partial charge in [0, 0.05) is 6.42 Å². The van der Waals surface area contributed by atoms with E-state index >= 15 is 0 Å². The van der Waals surface area contributed by atoms with Crippen molar-refractivity contribution in [2.24, 2.45) is 0 Å². The van der Waals surface area contributed by atoms with E-state index in [0.717, 1.165) is 39.1 Å². The molecule has 0 heterocycles. The van der Waals surface area contributed by atoms with E-state index in [1.54, 1.807) is 0 Å². The molecule has 0 fully saturated rings. The Bertz CT molecular complexity index is 1200. The maximum atomic E-state index is 13.6. The number of hydrogen-bond acceptors (Lipinski definition) is 3.